The third-order valence-corrected chi connectivity index (χ3v) is 2.09. The first-order valence-corrected chi connectivity index (χ1v) is 5.01. The number of unbranched alkanes of at least 4 members (excludes halogenated alkanes) is 1. The van der Waals surface area contributed by atoms with E-state index in [9.17, 15) is 31.1 Å². The van der Waals surface area contributed by atoms with Crippen molar-refractivity contribution in [2.45, 2.75) is 31.6 Å². The average Bonchev–Trinajstić information content (AvgIpc) is 2.18. The lowest BCUT2D eigenvalue weighted by atomic mass is 10.0. The van der Waals surface area contributed by atoms with Crippen LogP contribution >= 0.6 is 0 Å². The fourth-order valence-electron chi connectivity index (χ4n) is 1.20. The molecule has 0 aliphatic carbocycles. The van der Waals surface area contributed by atoms with Gasteiger partial charge < -0.3 is 4.74 Å². The molecule has 0 radical (unpaired) electrons. The van der Waals surface area contributed by atoms with Gasteiger partial charge in [-0.05, 0) is 19.3 Å². The number of hydrogen-bond acceptors (Lipinski definition) is 2. The first-order chi connectivity index (χ1) is 8.09. The topological polar surface area (TPSA) is 26.3 Å². The van der Waals surface area contributed by atoms with Crippen molar-refractivity contribution in [3.63, 3.8) is 0 Å². The molecule has 0 heterocycles. The summed E-state index contributed by atoms with van der Waals surface area (Å²) in [5.41, 5.74) is 0. The van der Waals surface area contributed by atoms with Gasteiger partial charge in [-0.1, -0.05) is 6.58 Å². The van der Waals surface area contributed by atoms with Crippen molar-refractivity contribution < 1.29 is 35.9 Å². The van der Waals surface area contributed by atoms with Gasteiger partial charge in [0, 0.05) is 6.08 Å². The lowest BCUT2D eigenvalue weighted by Crippen LogP contribution is -2.36. The van der Waals surface area contributed by atoms with Crippen LogP contribution in [0.4, 0.5) is 26.3 Å². The molecule has 0 saturated heterocycles. The van der Waals surface area contributed by atoms with E-state index in [1.807, 2.05) is 0 Å². The second kappa shape index (κ2) is 6.65. The molecular weight excluding hydrogens is 266 g/mol. The molecule has 0 spiro atoms. The molecule has 0 atom stereocenters. The first kappa shape index (κ1) is 16.8. The van der Waals surface area contributed by atoms with Crippen molar-refractivity contribution in [2.24, 2.45) is 5.92 Å². The van der Waals surface area contributed by atoms with Crippen LogP contribution in [0.5, 0.6) is 0 Å². The molecule has 2 nitrogen and oxygen atoms in total. The summed E-state index contributed by atoms with van der Waals surface area (Å²) in [4.78, 5) is 10.5. The summed E-state index contributed by atoms with van der Waals surface area (Å²) in [6.07, 6.45) is -11.2. The molecule has 8 heteroatoms. The Morgan fingerprint density at radius 1 is 1.11 bits per heavy atom. The van der Waals surface area contributed by atoms with E-state index in [-0.39, 0.29) is 19.4 Å². The van der Waals surface area contributed by atoms with Crippen LogP contribution in [0.1, 0.15) is 19.3 Å². The quantitative estimate of drug-likeness (QED) is 0.321. The van der Waals surface area contributed by atoms with E-state index in [4.69, 9.17) is 0 Å². The van der Waals surface area contributed by atoms with Crippen LogP contribution in [0.15, 0.2) is 12.7 Å². The van der Waals surface area contributed by atoms with E-state index in [0.717, 1.165) is 6.08 Å². The Bertz CT molecular complexity index is 267. The molecule has 0 aliphatic heterocycles. The summed E-state index contributed by atoms with van der Waals surface area (Å²) in [5.74, 6) is -4.10. The highest BCUT2D eigenvalue weighted by atomic mass is 19.4. The van der Waals surface area contributed by atoms with Crippen molar-refractivity contribution >= 4 is 5.97 Å². The predicted molar refractivity (Wildman–Crippen MR) is 50.6 cm³/mol. The van der Waals surface area contributed by atoms with Crippen LogP contribution in [0.2, 0.25) is 0 Å². The Hall–Kier alpha value is -1.21. The zero-order valence-corrected chi connectivity index (χ0v) is 9.27. The number of hydrogen-bond donors (Lipinski definition) is 0. The molecule has 0 aliphatic rings. The fraction of sp³-hybridized carbons (Fsp3) is 0.700. The normalized spacial score (nSPS) is 12.6. The van der Waals surface area contributed by atoms with Crippen LogP contribution in [0, 0.1) is 5.92 Å². The second-order valence-electron chi connectivity index (χ2n) is 3.50. The Balaban J connectivity index is 4.08. The molecule has 0 unspecified atom stereocenters. The Kier molecular flexibility index (Phi) is 6.20. The molecule has 0 rings (SSSR count). The zero-order valence-electron chi connectivity index (χ0n) is 9.27. The Morgan fingerprint density at radius 2 is 1.61 bits per heavy atom. The minimum absolute atomic E-state index is 0.0672. The van der Waals surface area contributed by atoms with Gasteiger partial charge in [-0.2, -0.15) is 26.3 Å². The van der Waals surface area contributed by atoms with Gasteiger partial charge in [-0.25, -0.2) is 4.79 Å². The van der Waals surface area contributed by atoms with Crippen molar-refractivity contribution in [3.05, 3.63) is 12.7 Å². The van der Waals surface area contributed by atoms with Crippen molar-refractivity contribution in [1.82, 2.24) is 0 Å². The number of carbonyl (C=O) groups excluding carboxylic acids is 1. The molecule has 18 heavy (non-hydrogen) atoms. The highest BCUT2D eigenvalue weighted by molar-refractivity contribution is 5.81. The van der Waals surface area contributed by atoms with E-state index < -0.39 is 30.7 Å². The molecule has 106 valence electrons. The van der Waals surface area contributed by atoms with Crippen molar-refractivity contribution in [3.8, 4) is 0 Å². The number of carbonyl (C=O) groups is 1. The van der Waals surface area contributed by atoms with Crippen molar-refractivity contribution in [2.75, 3.05) is 6.61 Å². The van der Waals surface area contributed by atoms with Crippen LogP contribution < -0.4 is 0 Å². The molecule has 0 fully saturated rings. The highest BCUT2D eigenvalue weighted by Crippen LogP contribution is 2.42. The number of rotatable bonds is 6. The summed E-state index contributed by atoms with van der Waals surface area (Å²) in [7, 11) is 0. The van der Waals surface area contributed by atoms with E-state index in [0.29, 0.717) is 0 Å². The number of esters is 1. The standard InChI is InChI=1S/C10H12F6O2/c1-2-8(17)18-6-4-3-5-7(9(11,12)13)10(14,15)16/h2,7H,1,3-6H2. The Morgan fingerprint density at radius 3 is 2.00 bits per heavy atom. The van der Waals surface area contributed by atoms with Gasteiger partial charge in [-0.15, -0.1) is 0 Å². The fourth-order valence-corrected chi connectivity index (χ4v) is 1.20. The average molecular weight is 278 g/mol. The molecule has 0 bridgehead atoms. The van der Waals surface area contributed by atoms with Gasteiger partial charge in [0.05, 0.1) is 6.61 Å². The SMILES string of the molecule is C=CC(=O)OCCCCC(C(F)(F)F)C(F)(F)F. The summed E-state index contributed by atoms with van der Waals surface area (Å²) in [5, 5.41) is 0. The third-order valence-electron chi connectivity index (χ3n) is 2.09. The largest absolute Gasteiger partial charge is 0.463 e. The second-order valence-corrected chi connectivity index (χ2v) is 3.50. The molecule has 0 aromatic rings. The molecular formula is C10H12F6O2. The van der Waals surface area contributed by atoms with Gasteiger partial charge in [0.1, 0.15) is 0 Å². The van der Waals surface area contributed by atoms with Crippen LogP contribution in [-0.2, 0) is 9.53 Å². The third kappa shape index (κ3) is 6.51. The van der Waals surface area contributed by atoms with Gasteiger partial charge >= 0.3 is 18.3 Å². The molecule has 0 saturated carbocycles. The minimum Gasteiger partial charge on any atom is -0.463 e. The smallest absolute Gasteiger partial charge is 0.400 e. The summed E-state index contributed by atoms with van der Waals surface area (Å²) in [6.45, 7) is 2.85. The van der Waals surface area contributed by atoms with E-state index >= 15 is 0 Å². The summed E-state index contributed by atoms with van der Waals surface area (Å²) >= 11 is 0. The van der Waals surface area contributed by atoms with Crippen LogP contribution in [-0.4, -0.2) is 24.9 Å². The first-order valence-electron chi connectivity index (χ1n) is 5.01. The number of alkyl halides is 6. The monoisotopic (exact) mass is 278 g/mol. The lowest BCUT2D eigenvalue weighted by molar-refractivity contribution is -0.286. The molecule has 0 amide bonds. The lowest BCUT2D eigenvalue weighted by Gasteiger charge is -2.22. The van der Waals surface area contributed by atoms with Gasteiger partial charge in [0.25, 0.3) is 0 Å². The van der Waals surface area contributed by atoms with Gasteiger partial charge in [0.15, 0.2) is 5.92 Å². The van der Waals surface area contributed by atoms with Crippen molar-refractivity contribution in [1.29, 1.82) is 0 Å². The Labute approximate surface area is 99.6 Å². The van der Waals surface area contributed by atoms with E-state index in [1.165, 1.54) is 0 Å². The summed E-state index contributed by atoms with van der Waals surface area (Å²) in [6, 6.07) is 0. The predicted octanol–water partition coefficient (Wildman–Crippen LogP) is 3.63. The van der Waals surface area contributed by atoms with E-state index in [1.54, 1.807) is 0 Å². The van der Waals surface area contributed by atoms with Gasteiger partial charge in [0.2, 0.25) is 0 Å². The minimum atomic E-state index is -5.31. The molecule has 0 aromatic heterocycles. The van der Waals surface area contributed by atoms with Gasteiger partial charge in [-0.3, -0.25) is 0 Å². The van der Waals surface area contributed by atoms with Crippen LogP contribution in [0.25, 0.3) is 0 Å². The number of halogens is 6. The van der Waals surface area contributed by atoms with E-state index in [2.05, 4.69) is 11.3 Å². The van der Waals surface area contributed by atoms with Crippen LogP contribution in [0.3, 0.4) is 0 Å². The molecule has 0 aromatic carbocycles. The zero-order chi connectivity index (χ0) is 14.4. The summed E-state index contributed by atoms with van der Waals surface area (Å²) < 4.78 is 77.0. The maximum atomic E-state index is 12.1. The maximum absolute atomic E-state index is 12.1. The number of ether oxygens (including phenoxy) is 1. The highest BCUT2D eigenvalue weighted by Gasteiger charge is 2.55. The molecule has 0 N–H and O–H groups in total. The maximum Gasteiger partial charge on any atom is 0.400 e.